The van der Waals surface area contributed by atoms with E-state index >= 15 is 0 Å². The van der Waals surface area contributed by atoms with Gasteiger partial charge in [-0.15, -0.1) is 0 Å². The number of aryl methyl sites for hydroxylation is 3. The van der Waals surface area contributed by atoms with Crippen LogP contribution in [0.25, 0.3) is 22.7 Å². The highest BCUT2D eigenvalue weighted by Gasteiger charge is 2.15. The number of allylic oxidation sites excluding steroid dienone is 3. The Balaban J connectivity index is 2.20. The molecule has 0 unspecified atom stereocenters. The highest BCUT2D eigenvalue weighted by Crippen LogP contribution is 2.30. The number of nitrogens with zero attached hydrogens (tertiary/aromatic N) is 2. The van der Waals surface area contributed by atoms with Gasteiger partial charge in [0.05, 0.1) is 23.8 Å². The van der Waals surface area contributed by atoms with Crippen LogP contribution in [-0.2, 0) is 0 Å². The van der Waals surface area contributed by atoms with E-state index < -0.39 is 0 Å². The number of fused-ring (bicyclic) bond motifs is 1. The first-order valence-electron chi connectivity index (χ1n) is 8.80. The number of H-pyrrole nitrogens is 1. The molecule has 0 spiro atoms. The van der Waals surface area contributed by atoms with Crippen molar-refractivity contribution < 1.29 is 9.26 Å². The van der Waals surface area contributed by atoms with Crippen LogP contribution in [0.15, 0.2) is 28.3 Å². The van der Waals surface area contributed by atoms with Crippen LogP contribution in [0, 0.1) is 20.8 Å². The lowest BCUT2D eigenvalue weighted by Crippen LogP contribution is -1.89. The second-order valence-electron chi connectivity index (χ2n) is 6.56. The number of methoxy groups -OCH3 is 1. The number of rotatable bonds is 5. The molecule has 0 atom stereocenters. The summed E-state index contributed by atoms with van der Waals surface area (Å²) in [5.41, 5.74) is 8.34. The van der Waals surface area contributed by atoms with Gasteiger partial charge in [0.15, 0.2) is 0 Å². The maximum absolute atomic E-state index is 5.39. The van der Waals surface area contributed by atoms with E-state index in [1.165, 1.54) is 5.57 Å². The van der Waals surface area contributed by atoms with Crippen LogP contribution in [0.3, 0.4) is 0 Å². The van der Waals surface area contributed by atoms with Crippen molar-refractivity contribution in [1.29, 1.82) is 0 Å². The molecule has 3 heterocycles. The summed E-state index contributed by atoms with van der Waals surface area (Å²) >= 11 is 0. The molecule has 0 amide bonds. The van der Waals surface area contributed by atoms with Crippen LogP contribution in [0.1, 0.15) is 48.5 Å². The maximum Gasteiger partial charge on any atom is 0.213 e. The van der Waals surface area contributed by atoms with Crippen molar-refractivity contribution >= 4 is 22.7 Å². The van der Waals surface area contributed by atoms with E-state index in [9.17, 15) is 0 Å². The summed E-state index contributed by atoms with van der Waals surface area (Å²) in [4.78, 5) is 8.03. The van der Waals surface area contributed by atoms with Crippen molar-refractivity contribution in [3.05, 3.63) is 52.1 Å². The smallest absolute Gasteiger partial charge is 0.213 e. The Hall–Kier alpha value is -2.82. The standard InChI is InChI=1S/C21H25N3O2/c1-7-12(2)10-16(20-14(4)24-26-15(20)5)11-18-13(3)21-17(22-18)8-9-19(23-21)25-6/h8-11,22H,7H2,1-6H3/b12-10-,16-11+. The van der Waals surface area contributed by atoms with E-state index in [0.717, 1.165) is 51.3 Å². The molecular weight excluding hydrogens is 326 g/mol. The van der Waals surface area contributed by atoms with Gasteiger partial charge in [-0.2, -0.15) is 0 Å². The molecule has 0 fully saturated rings. The third-order valence-electron chi connectivity index (χ3n) is 4.69. The average Bonchev–Trinajstić information content (AvgIpc) is 3.13. The highest BCUT2D eigenvalue weighted by atomic mass is 16.5. The van der Waals surface area contributed by atoms with Gasteiger partial charge in [0.2, 0.25) is 5.88 Å². The van der Waals surface area contributed by atoms with E-state index in [1.54, 1.807) is 7.11 Å². The lowest BCUT2D eigenvalue weighted by atomic mass is 9.99. The van der Waals surface area contributed by atoms with Crippen molar-refractivity contribution in [1.82, 2.24) is 15.1 Å². The van der Waals surface area contributed by atoms with E-state index in [0.29, 0.717) is 5.88 Å². The number of nitrogens with one attached hydrogen (secondary N) is 1. The van der Waals surface area contributed by atoms with Gasteiger partial charge in [-0.3, -0.25) is 0 Å². The normalized spacial score (nSPS) is 12.8. The second-order valence-corrected chi connectivity index (χ2v) is 6.56. The molecule has 1 N–H and O–H groups in total. The van der Waals surface area contributed by atoms with Crippen molar-refractivity contribution in [2.45, 2.75) is 41.0 Å². The van der Waals surface area contributed by atoms with Gasteiger partial charge in [-0.05, 0) is 51.8 Å². The minimum absolute atomic E-state index is 0.614. The number of ether oxygens (including phenoxy) is 1. The summed E-state index contributed by atoms with van der Waals surface area (Å²) in [6, 6.07) is 3.86. The fourth-order valence-electron chi connectivity index (χ4n) is 3.06. The SMILES string of the molecule is CC/C(C)=C\C(=C/c1[nH]c2ccc(OC)nc2c1C)c1c(C)noc1C. The first-order chi connectivity index (χ1) is 12.4. The molecule has 0 aromatic carbocycles. The zero-order valence-corrected chi connectivity index (χ0v) is 16.2. The van der Waals surface area contributed by atoms with Crippen molar-refractivity contribution in [2.75, 3.05) is 7.11 Å². The predicted molar refractivity (Wildman–Crippen MR) is 105 cm³/mol. The van der Waals surface area contributed by atoms with Gasteiger partial charge < -0.3 is 14.2 Å². The molecular formula is C21H25N3O2. The Labute approximate surface area is 153 Å². The van der Waals surface area contributed by atoms with E-state index in [1.807, 2.05) is 26.0 Å². The molecule has 136 valence electrons. The topological polar surface area (TPSA) is 63.9 Å². The summed E-state index contributed by atoms with van der Waals surface area (Å²) in [5.74, 6) is 1.44. The predicted octanol–water partition coefficient (Wildman–Crippen LogP) is 5.38. The molecule has 0 saturated carbocycles. The molecule has 0 saturated heterocycles. The van der Waals surface area contributed by atoms with Crippen LogP contribution in [0.2, 0.25) is 0 Å². The molecule has 3 aromatic heterocycles. The van der Waals surface area contributed by atoms with Gasteiger partial charge in [0.1, 0.15) is 5.76 Å². The van der Waals surface area contributed by atoms with Crippen molar-refractivity contribution in [2.24, 2.45) is 0 Å². The lowest BCUT2D eigenvalue weighted by molar-refractivity contribution is 0.393. The van der Waals surface area contributed by atoms with Gasteiger partial charge in [-0.25, -0.2) is 4.98 Å². The quantitative estimate of drug-likeness (QED) is 0.627. The number of hydrogen-bond acceptors (Lipinski definition) is 4. The average molecular weight is 351 g/mol. The first kappa shape index (κ1) is 18.0. The van der Waals surface area contributed by atoms with E-state index in [4.69, 9.17) is 9.26 Å². The Morgan fingerprint density at radius 3 is 2.65 bits per heavy atom. The Bertz CT molecular complexity index is 986. The number of pyridine rings is 1. The van der Waals surface area contributed by atoms with Gasteiger partial charge in [0, 0.05) is 22.9 Å². The fourth-order valence-corrected chi connectivity index (χ4v) is 3.06. The summed E-state index contributed by atoms with van der Waals surface area (Å²) in [6.07, 6.45) is 5.34. The molecule has 3 aromatic rings. The van der Waals surface area contributed by atoms with Crippen LogP contribution >= 0.6 is 0 Å². The van der Waals surface area contributed by atoms with Gasteiger partial charge in [0.25, 0.3) is 0 Å². The fraction of sp³-hybridized carbons (Fsp3) is 0.333. The van der Waals surface area contributed by atoms with Crippen molar-refractivity contribution in [3.63, 3.8) is 0 Å². The van der Waals surface area contributed by atoms with Crippen LogP contribution in [0.4, 0.5) is 0 Å². The molecule has 0 aliphatic heterocycles. The zero-order chi connectivity index (χ0) is 18.8. The minimum Gasteiger partial charge on any atom is -0.481 e. The Morgan fingerprint density at radius 2 is 2.04 bits per heavy atom. The van der Waals surface area contributed by atoms with E-state index in [-0.39, 0.29) is 0 Å². The van der Waals surface area contributed by atoms with Crippen molar-refractivity contribution in [3.8, 4) is 5.88 Å². The Morgan fingerprint density at radius 1 is 1.27 bits per heavy atom. The third kappa shape index (κ3) is 3.29. The summed E-state index contributed by atoms with van der Waals surface area (Å²) in [6.45, 7) is 10.3. The Kier molecular flexibility index (Phi) is 4.98. The van der Waals surface area contributed by atoms with Crippen LogP contribution in [-0.4, -0.2) is 22.2 Å². The molecule has 0 radical (unpaired) electrons. The summed E-state index contributed by atoms with van der Waals surface area (Å²) in [7, 11) is 1.63. The maximum atomic E-state index is 5.39. The summed E-state index contributed by atoms with van der Waals surface area (Å²) < 4.78 is 10.6. The zero-order valence-electron chi connectivity index (χ0n) is 16.2. The van der Waals surface area contributed by atoms with Crippen LogP contribution in [0.5, 0.6) is 5.88 Å². The molecule has 5 heteroatoms. The molecule has 0 aliphatic carbocycles. The highest BCUT2D eigenvalue weighted by molar-refractivity contribution is 5.93. The van der Waals surface area contributed by atoms with E-state index in [2.05, 4.69) is 48.0 Å². The van der Waals surface area contributed by atoms with Gasteiger partial charge in [-0.1, -0.05) is 23.7 Å². The second kappa shape index (κ2) is 7.20. The third-order valence-corrected chi connectivity index (χ3v) is 4.69. The van der Waals surface area contributed by atoms with Crippen LogP contribution < -0.4 is 4.74 Å². The molecule has 0 aliphatic rings. The monoisotopic (exact) mass is 351 g/mol. The largest absolute Gasteiger partial charge is 0.481 e. The summed E-state index contributed by atoms with van der Waals surface area (Å²) in [5, 5.41) is 4.12. The molecule has 26 heavy (non-hydrogen) atoms. The molecule has 5 nitrogen and oxygen atoms in total. The molecule has 3 rings (SSSR count). The lowest BCUT2D eigenvalue weighted by Gasteiger charge is -2.05. The molecule has 0 bridgehead atoms. The number of hydrogen-bond donors (Lipinski definition) is 1. The minimum atomic E-state index is 0.614. The number of aromatic amines is 1. The van der Waals surface area contributed by atoms with Gasteiger partial charge >= 0.3 is 0 Å². The number of aromatic nitrogens is 3. The first-order valence-corrected chi connectivity index (χ1v) is 8.80.